The average molecular weight is 215 g/mol. The maximum atomic E-state index is 13.3. The molecule has 82 valence electrons. The third-order valence-corrected chi connectivity index (χ3v) is 2.07. The van der Waals surface area contributed by atoms with Gasteiger partial charge < -0.3 is 10.5 Å². The Morgan fingerprint density at radius 1 is 1.47 bits per heavy atom. The predicted octanol–water partition coefficient (Wildman–Crippen LogP) is 1.18. The highest BCUT2D eigenvalue weighted by molar-refractivity contribution is 5.78. The molecule has 0 saturated heterocycles. The molecule has 0 radical (unpaired) electrons. The summed E-state index contributed by atoms with van der Waals surface area (Å²) in [5.41, 5.74) is 4.94. The molecule has 15 heavy (non-hydrogen) atoms. The van der Waals surface area contributed by atoms with Crippen LogP contribution in [0.2, 0.25) is 0 Å². The van der Waals surface area contributed by atoms with Gasteiger partial charge in [-0.25, -0.2) is 8.78 Å². The van der Waals surface area contributed by atoms with Gasteiger partial charge in [0, 0.05) is 12.1 Å². The van der Waals surface area contributed by atoms with Gasteiger partial charge in [0.05, 0.1) is 13.0 Å². The summed E-state index contributed by atoms with van der Waals surface area (Å²) in [6.07, 6.45) is 0. The van der Waals surface area contributed by atoms with Crippen molar-refractivity contribution in [2.45, 2.75) is 5.92 Å². The first-order valence-corrected chi connectivity index (χ1v) is 4.33. The van der Waals surface area contributed by atoms with Gasteiger partial charge in [0.25, 0.3) is 0 Å². The molecule has 3 nitrogen and oxygen atoms in total. The largest absolute Gasteiger partial charge is 0.469 e. The second kappa shape index (κ2) is 4.84. The van der Waals surface area contributed by atoms with Crippen LogP contribution in [0.15, 0.2) is 18.2 Å². The summed E-state index contributed by atoms with van der Waals surface area (Å²) in [6.45, 7) is -0.204. The number of rotatable bonds is 3. The molecule has 0 spiro atoms. The standard InChI is InChI=1S/C10H11F2NO2/c1-15-10(14)6(5-13)9-7(11)3-2-4-8(9)12/h2-4,6H,5,13H2,1H3. The highest BCUT2D eigenvalue weighted by Gasteiger charge is 2.26. The number of halogens is 2. The monoisotopic (exact) mass is 215 g/mol. The van der Waals surface area contributed by atoms with E-state index in [-0.39, 0.29) is 12.1 Å². The molecule has 0 heterocycles. The summed E-state index contributed by atoms with van der Waals surface area (Å²) in [6, 6.07) is 3.37. The lowest BCUT2D eigenvalue weighted by Gasteiger charge is -2.13. The smallest absolute Gasteiger partial charge is 0.314 e. The van der Waals surface area contributed by atoms with Gasteiger partial charge >= 0.3 is 5.97 Å². The van der Waals surface area contributed by atoms with Crippen LogP contribution >= 0.6 is 0 Å². The second-order valence-electron chi connectivity index (χ2n) is 2.95. The van der Waals surface area contributed by atoms with E-state index < -0.39 is 23.5 Å². The summed E-state index contributed by atoms with van der Waals surface area (Å²) in [4.78, 5) is 11.2. The first-order valence-electron chi connectivity index (χ1n) is 4.33. The van der Waals surface area contributed by atoms with Crippen molar-refractivity contribution < 1.29 is 18.3 Å². The number of nitrogens with two attached hydrogens (primary N) is 1. The zero-order chi connectivity index (χ0) is 11.4. The van der Waals surface area contributed by atoms with Crippen molar-refractivity contribution in [3.05, 3.63) is 35.4 Å². The first kappa shape index (κ1) is 11.6. The molecule has 0 aliphatic carbocycles. The van der Waals surface area contributed by atoms with Crippen LogP contribution in [0.3, 0.4) is 0 Å². The Bertz CT molecular complexity index is 348. The van der Waals surface area contributed by atoms with Gasteiger partial charge in [-0.1, -0.05) is 6.07 Å². The topological polar surface area (TPSA) is 52.3 Å². The van der Waals surface area contributed by atoms with E-state index in [0.717, 1.165) is 19.2 Å². The number of hydrogen-bond donors (Lipinski definition) is 1. The van der Waals surface area contributed by atoms with Crippen molar-refractivity contribution in [1.29, 1.82) is 0 Å². The van der Waals surface area contributed by atoms with Crippen LogP contribution in [0.5, 0.6) is 0 Å². The van der Waals surface area contributed by atoms with Crippen molar-refractivity contribution in [2.24, 2.45) is 5.73 Å². The van der Waals surface area contributed by atoms with Gasteiger partial charge in [-0.3, -0.25) is 4.79 Å². The second-order valence-corrected chi connectivity index (χ2v) is 2.95. The van der Waals surface area contributed by atoms with E-state index in [1.807, 2.05) is 0 Å². The summed E-state index contributed by atoms with van der Waals surface area (Å²) in [5, 5.41) is 0. The molecule has 5 heteroatoms. The Labute approximate surface area is 85.8 Å². The van der Waals surface area contributed by atoms with E-state index in [0.29, 0.717) is 0 Å². The predicted molar refractivity (Wildman–Crippen MR) is 50.2 cm³/mol. The Morgan fingerprint density at radius 2 is 2.00 bits per heavy atom. The Morgan fingerprint density at radius 3 is 2.40 bits per heavy atom. The van der Waals surface area contributed by atoms with Crippen molar-refractivity contribution >= 4 is 5.97 Å². The zero-order valence-electron chi connectivity index (χ0n) is 8.17. The molecule has 0 aliphatic heterocycles. The van der Waals surface area contributed by atoms with Crippen LogP contribution in [0, 0.1) is 11.6 Å². The molecule has 1 aromatic carbocycles. The minimum Gasteiger partial charge on any atom is -0.469 e. The molecular formula is C10H11F2NO2. The van der Waals surface area contributed by atoms with E-state index in [4.69, 9.17) is 5.73 Å². The Balaban J connectivity index is 3.17. The normalized spacial score (nSPS) is 12.3. The summed E-state index contributed by atoms with van der Waals surface area (Å²) in [7, 11) is 1.14. The number of esters is 1. The van der Waals surface area contributed by atoms with Gasteiger partial charge in [-0.15, -0.1) is 0 Å². The molecule has 0 amide bonds. The first-order chi connectivity index (χ1) is 7.11. The lowest BCUT2D eigenvalue weighted by molar-refractivity contribution is -0.142. The maximum Gasteiger partial charge on any atom is 0.314 e. The fourth-order valence-corrected chi connectivity index (χ4v) is 1.32. The molecule has 0 saturated carbocycles. The third-order valence-electron chi connectivity index (χ3n) is 2.07. The summed E-state index contributed by atoms with van der Waals surface area (Å²) < 4.78 is 31.0. The maximum absolute atomic E-state index is 13.3. The fourth-order valence-electron chi connectivity index (χ4n) is 1.32. The molecule has 0 aromatic heterocycles. The molecule has 0 aliphatic rings. The summed E-state index contributed by atoms with van der Waals surface area (Å²) >= 11 is 0. The van der Waals surface area contributed by atoms with Gasteiger partial charge in [-0.05, 0) is 12.1 Å². The quantitative estimate of drug-likeness (QED) is 0.770. The molecule has 1 unspecified atom stereocenters. The third kappa shape index (κ3) is 2.30. The SMILES string of the molecule is COC(=O)C(CN)c1c(F)cccc1F. The summed E-state index contributed by atoms with van der Waals surface area (Å²) in [5.74, 6) is -3.44. The average Bonchev–Trinajstić information content (AvgIpc) is 2.22. The van der Waals surface area contributed by atoms with E-state index in [9.17, 15) is 13.6 Å². The van der Waals surface area contributed by atoms with Crippen LogP contribution in [0.4, 0.5) is 8.78 Å². The van der Waals surface area contributed by atoms with Crippen LogP contribution in [0.25, 0.3) is 0 Å². The number of methoxy groups -OCH3 is 1. The molecular weight excluding hydrogens is 204 g/mol. The zero-order valence-corrected chi connectivity index (χ0v) is 8.17. The highest BCUT2D eigenvalue weighted by atomic mass is 19.1. The van der Waals surface area contributed by atoms with Crippen LogP contribution in [-0.2, 0) is 9.53 Å². The Hall–Kier alpha value is -1.49. The highest BCUT2D eigenvalue weighted by Crippen LogP contribution is 2.22. The van der Waals surface area contributed by atoms with E-state index in [2.05, 4.69) is 4.74 Å². The number of ether oxygens (including phenoxy) is 1. The van der Waals surface area contributed by atoms with Gasteiger partial charge in [0.1, 0.15) is 11.6 Å². The lowest BCUT2D eigenvalue weighted by Crippen LogP contribution is -2.24. The minimum atomic E-state index is -1.10. The fraction of sp³-hybridized carbons (Fsp3) is 0.300. The number of carbonyl (C=O) groups is 1. The van der Waals surface area contributed by atoms with Crippen LogP contribution < -0.4 is 5.73 Å². The van der Waals surface area contributed by atoms with Gasteiger partial charge in [-0.2, -0.15) is 0 Å². The Kier molecular flexibility index (Phi) is 3.74. The molecule has 0 fully saturated rings. The van der Waals surface area contributed by atoms with Crippen molar-refractivity contribution in [3.63, 3.8) is 0 Å². The number of carbonyl (C=O) groups excluding carboxylic acids is 1. The van der Waals surface area contributed by atoms with Crippen molar-refractivity contribution in [2.75, 3.05) is 13.7 Å². The van der Waals surface area contributed by atoms with Crippen molar-refractivity contribution in [3.8, 4) is 0 Å². The molecule has 1 aromatic rings. The van der Waals surface area contributed by atoms with Crippen LogP contribution in [-0.4, -0.2) is 19.6 Å². The lowest BCUT2D eigenvalue weighted by atomic mass is 9.98. The van der Waals surface area contributed by atoms with Gasteiger partial charge in [0.15, 0.2) is 0 Å². The van der Waals surface area contributed by atoms with Crippen molar-refractivity contribution in [1.82, 2.24) is 0 Å². The minimum absolute atomic E-state index is 0.204. The molecule has 1 rings (SSSR count). The van der Waals surface area contributed by atoms with E-state index >= 15 is 0 Å². The number of hydrogen-bond acceptors (Lipinski definition) is 3. The van der Waals surface area contributed by atoms with E-state index in [1.54, 1.807) is 0 Å². The molecule has 2 N–H and O–H groups in total. The van der Waals surface area contributed by atoms with Gasteiger partial charge in [0.2, 0.25) is 0 Å². The molecule has 0 bridgehead atoms. The molecule has 1 atom stereocenters. The van der Waals surface area contributed by atoms with Crippen LogP contribution in [0.1, 0.15) is 11.5 Å². The van der Waals surface area contributed by atoms with E-state index in [1.165, 1.54) is 6.07 Å². The number of benzene rings is 1.